The zero-order valence-electron chi connectivity index (χ0n) is 7.80. The maximum atomic E-state index is 11.0. The number of nitrogens with zero attached hydrogens (tertiary/aromatic N) is 2. The predicted octanol–water partition coefficient (Wildman–Crippen LogP) is 0.382. The van der Waals surface area contributed by atoms with E-state index >= 15 is 0 Å². The molecule has 1 rings (SSSR count). The van der Waals surface area contributed by atoms with Crippen molar-refractivity contribution in [2.24, 2.45) is 5.73 Å². The summed E-state index contributed by atoms with van der Waals surface area (Å²) in [6.07, 6.45) is 5.80. The number of allylic oxidation sites excluding steroid dienone is 1. The third-order valence-electron chi connectivity index (χ3n) is 1.34. The molecule has 0 aliphatic heterocycles. The molecule has 0 fully saturated rings. The molecule has 1 aromatic rings. The Kier molecular flexibility index (Phi) is 3.60. The number of hydrogen-bond donors (Lipinski definition) is 1. The van der Waals surface area contributed by atoms with Crippen molar-refractivity contribution in [3.05, 3.63) is 36.1 Å². The molecule has 74 valence electrons. The molecule has 0 atom stereocenters. The fraction of sp³-hybridized carbons (Fsp3) is 0.222. The van der Waals surface area contributed by atoms with Gasteiger partial charge in [-0.3, -0.25) is 0 Å². The Bertz CT molecular complexity index is 331. The van der Waals surface area contributed by atoms with E-state index < -0.39 is 5.97 Å². The van der Waals surface area contributed by atoms with Crippen LogP contribution in [0, 0.1) is 0 Å². The normalized spacial score (nSPS) is 11.1. The minimum atomic E-state index is -0.464. The first-order valence-corrected chi connectivity index (χ1v) is 4.03. The molecule has 0 spiro atoms. The number of aromatic nitrogens is 2. The molecule has 0 saturated heterocycles. The Morgan fingerprint density at radius 2 is 2.21 bits per heavy atom. The fourth-order valence-corrected chi connectivity index (χ4v) is 0.787. The van der Waals surface area contributed by atoms with Gasteiger partial charge in [0.1, 0.15) is 12.9 Å². The van der Waals surface area contributed by atoms with Gasteiger partial charge in [0, 0.05) is 29.7 Å². The van der Waals surface area contributed by atoms with Crippen LogP contribution >= 0.6 is 0 Å². The Labute approximate surface area is 81.6 Å². The summed E-state index contributed by atoms with van der Waals surface area (Å²) in [5.74, 6) is -0.464. The maximum absolute atomic E-state index is 11.0. The summed E-state index contributed by atoms with van der Waals surface area (Å²) in [6, 6.07) is 0. The average Bonchev–Trinajstić information content (AvgIpc) is 2.15. The van der Waals surface area contributed by atoms with Crippen LogP contribution in [0.4, 0.5) is 0 Å². The van der Waals surface area contributed by atoms with Crippen LogP contribution in [0.15, 0.2) is 30.5 Å². The van der Waals surface area contributed by atoms with Crippen molar-refractivity contribution in [3.63, 3.8) is 0 Å². The first kappa shape index (κ1) is 10.2. The number of esters is 1. The SMILES string of the molecule is C/C(N)=C/C(=O)OCc1cncnc1. The molecule has 5 nitrogen and oxygen atoms in total. The van der Waals surface area contributed by atoms with Crippen LogP contribution in [-0.4, -0.2) is 15.9 Å². The van der Waals surface area contributed by atoms with Crippen LogP contribution < -0.4 is 5.73 Å². The summed E-state index contributed by atoms with van der Waals surface area (Å²) in [5.41, 5.74) is 6.45. The van der Waals surface area contributed by atoms with Crippen molar-refractivity contribution in [3.8, 4) is 0 Å². The molecule has 14 heavy (non-hydrogen) atoms. The topological polar surface area (TPSA) is 78.1 Å². The third-order valence-corrected chi connectivity index (χ3v) is 1.34. The Morgan fingerprint density at radius 1 is 1.57 bits per heavy atom. The molecular weight excluding hydrogens is 182 g/mol. The summed E-state index contributed by atoms with van der Waals surface area (Å²) >= 11 is 0. The maximum Gasteiger partial charge on any atom is 0.332 e. The second-order valence-corrected chi connectivity index (χ2v) is 2.74. The number of hydrogen-bond acceptors (Lipinski definition) is 5. The van der Waals surface area contributed by atoms with Crippen LogP contribution in [0.25, 0.3) is 0 Å². The molecule has 0 aliphatic rings. The number of nitrogens with two attached hydrogens (primary N) is 1. The van der Waals surface area contributed by atoms with Crippen LogP contribution in [0.2, 0.25) is 0 Å². The van der Waals surface area contributed by atoms with Crippen LogP contribution in [0.5, 0.6) is 0 Å². The van der Waals surface area contributed by atoms with Crippen LogP contribution in [0.3, 0.4) is 0 Å². The Morgan fingerprint density at radius 3 is 2.79 bits per heavy atom. The summed E-state index contributed by atoms with van der Waals surface area (Å²) in [7, 11) is 0. The second-order valence-electron chi connectivity index (χ2n) is 2.74. The average molecular weight is 193 g/mol. The lowest BCUT2D eigenvalue weighted by Crippen LogP contribution is -2.04. The largest absolute Gasteiger partial charge is 0.457 e. The van der Waals surface area contributed by atoms with Crippen molar-refractivity contribution >= 4 is 5.97 Å². The van der Waals surface area contributed by atoms with Gasteiger partial charge in [-0.25, -0.2) is 14.8 Å². The molecular formula is C9H11N3O2. The summed E-state index contributed by atoms with van der Waals surface area (Å²) < 4.78 is 4.86. The highest BCUT2D eigenvalue weighted by Gasteiger charge is 1.99. The van der Waals surface area contributed by atoms with Crippen molar-refractivity contribution in [2.45, 2.75) is 13.5 Å². The zero-order valence-corrected chi connectivity index (χ0v) is 7.80. The number of rotatable bonds is 3. The minimum Gasteiger partial charge on any atom is -0.457 e. The summed E-state index contributed by atoms with van der Waals surface area (Å²) in [4.78, 5) is 18.6. The fourth-order valence-electron chi connectivity index (χ4n) is 0.787. The van der Waals surface area contributed by atoms with Crippen molar-refractivity contribution in [2.75, 3.05) is 0 Å². The van der Waals surface area contributed by atoms with E-state index in [0.29, 0.717) is 5.70 Å². The standard InChI is InChI=1S/C9H11N3O2/c1-7(10)2-9(13)14-5-8-3-11-6-12-4-8/h2-4,6H,5,10H2,1H3/b7-2-. The van der Waals surface area contributed by atoms with Gasteiger partial charge in [-0.05, 0) is 6.92 Å². The van der Waals surface area contributed by atoms with Crippen molar-refractivity contribution < 1.29 is 9.53 Å². The molecule has 0 aromatic carbocycles. The predicted molar refractivity (Wildman–Crippen MR) is 49.8 cm³/mol. The highest BCUT2D eigenvalue weighted by atomic mass is 16.5. The lowest BCUT2D eigenvalue weighted by atomic mass is 10.4. The van der Waals surface area contributed by atoms with Crippen LogP contribution in [-0.2, 0) is 16.1 Å². The third kappa shape index (κ3) is 3.66. The van der Waals surface area contributed by atoms with Gasteiger partial charge in [0.05, 0.1) is 0 Å². The van der Waals surface area contributed by atoms with Crippen molar-refractivity contribution in [1.82, 2.24) is 9.97 Å². The molecule has 0 radical (unpaired) electrons. The van der Waals surface area contributed by atoms with Gasteiger partial charge in [-0.15, -0.1) is 0 Å². The number of carbonyl (C=O) groups is 1. The van der Waals surface area contributed by atoms with E-state index in [-0.39, 0.29) is 6.61 Å². The van der Waals surface area contributed by atoms with Gasteiger partial charge in [0.15, 0.2) is 0 Å². The molecule has 0 amide bonds. The Balaban J connectivity index is 2.42. The summed E-state index contributed by atoms with van der Waals surface area (Å²) in [6.45, 7) is 1.77. The molecule has 1 aromatic heterocycles. The summed E-state index contributed by atoms with van der Waals surface area (Å²) in [5, 5.41) is 0. The lowest BCUT2D eigenvalue weighted by molar-refractivity contribution is -0.139. The highest BCUT2D eigenvalue weighted by Crippen LogP contribution is 1.97. The molecule has 0 aliphatic carbocycles. The highest BCUT2D eigenvalue weighted by molar-refractivity contribution is 5.82. The van der Waals surface area contributed by atoms with E-state index in [4.69, 9.17) is 10.5 Å². The Hall–Kier alpha value is -1.91. The van der Waals surface area contributed by atoms with Gasteiger partial charge < -0.3 is 10.5 Å². The minimum absolute atomic E-state index is 0.156. The first-order valence-electron chi connectivity index (χ1n) is 4.03. The first-order chi connectivity index (χ1) is 6.68. The monoisotopic (exact) mass is 193 g/mol. The van der Waals surface area contributed by atoms with E-state index in [1.54, 1.807) is 19.3 Å². The molecule has 0 unspecified atom stereocenters. The van der Waals surface area contributed by atoms with E-state index in [9.17, 15) is 4.79 Å². The van der Waals surface area contributed by atoms with E-state index in [1.165, 1.54) is 12.4 Å². The van der Waals surface area contributed by atoms with Gasteiger partial charge >= 0.3 is 5.97 Å². The molecule has 5 heteroatoms. The van der Waals surface area contributed by atoms with Gasteiger partial charge in [-0.1, -0.05) is 0 Å². The second kappa shape index (κ2) is 4.96. The van der Waals surface area contributed by atoms with Crippen LogP contribution in [0.1, 0.15) is 12.5 Å². The number of carbonyl (C=O) groups excluding carboxylic acids is 1. The molecule has 0 saturated carbocycles. The quantitative estimate of drug-likeness (QED) is 0.554. The van der Waals surface area contributed by atoms with Gasteiger partial charge in [0.25, 0.3) is 0 Å². The molecule has 0 bridgehead atoms. The van der Waals surface area contributed by atoms with E-state index in [1.807, 2.05) is 0 Å². The number of ether oxygens (including phenoxy) is 1. The molecule has 2 N–H and O–H groups in total. The van der Waals surface area contributed by atoms with E-state index in [2.05, 4.69) is 9.97 Å². The van der Waals surface area contributed by atoms with E-state index in [0.717, 1.165) is 5.56 Å². The smallest absolute Gasteiger partial charge is 0.332 e. The van der Waals surface area contributed by atoms with Gasteiger partial charge in [-0.2, -0.15) is 0 Å². The van der Waals surface area contributed by atoms with Crippen molar-refractivity contribution in [1.29, 1.82) is 0 Å². The molecule has 1 heterocycles. The lowest BCUT2D eigenvalue weighted by Gasteiger charge is -2.00. The zero-order chi connectivity index (χ0) is 10.4. The van der Waals surface area contributed by atoms with Gasteiger partial charge in [0.2, 0.25) is 0 Å².